The molecular formula is C11H14BrNO. The van der Waals surface area contributed by atoms with Crippen molar-refractivity contribution in [1.82, 2.24) is 0 Å². The van der Waals surface area contributed by atoms with Gasteiger partial charge < -0.3 is 5.73 Å². The minimum absolute atomic E-state index is 0.0759. The first-order valence-electron chi connectivity index (χ1n) is 4.62. The number of rotatable bonds is 3. The van der Waals surface area contributed by atoms with Crippen molar-refractivity contribution in [2.75, 3.05) is 5.73 Å². The fourth-order valence-corrected chi connectivity index (χ4v) is 1.56. The molecule has 0 amide bonds. The Bertz CT molecular complexity index is 347. The molecule has 1 atom stereocenters. The summed E-state index contributed by atoms with van der Waals surface area (Å²) < 4.78 is 0. The number of alkyl halides is 1. The van der Waals surface area contributed by atoms with Crippen LogP contribution in [0.5, 0.6) is 0 Å². The SMILES string of the molecule is CCc1cc(N)cc(C(=O)C(C)Br)c1. The van der Waals surface area contributed by atoms with Crippen molar-refractivity contribution in [2.45, 2.75) is 25.1 Å². The molecule has 0 aliphatic carbocycles. The Morgan fingerprint density at radius 3 is 2.64 bits per heavy atom. The van der Waals surface area contributed by atoms with E-state index in [9.17, 15) is 4.79 Å². The van der Waals surface area contributed by atoms with Gasteiger partial charge in [0.05, 0.1) is 4.83 Å². The lowest BCUT2D eigenvalue weighted by Crippen LogP contribution is -2.10. The van der Waals surface area contributed by atoms with Gasteiger partial charge in [0, 0.05) is 11.3 Å². The molecule has 14 heavy (non-hydrogen) atoms. The van der Waals surface area contributed by atoms with E-state index < -0.39 is 0 Å². The molecule has 2 nitrogen and oxygen atoms in total. The maximum Gasteiger partial charge on any atom is 0.176 e. The number of nitrogen functional groups attached to an aromatic ring is 1. The predicted molar refractivity (Wildman–Crippen MR) is 63.0 cm³/mol. The third-order valence-electron chi connectivity index (χ3n) is 2.07. The molecule has 1 aromatic rings. The van der Waals surface area contributed by atoms with Crippen LogP contribution in [0, 0.1) is 0 Å². The minimum atomic E-state index is -0.158. The van der Waals surface area contributed by atoms with E-state index in [2.05, 4.69) is 15.9 Å². The second-order valence-electron chi connectivity index (χ2n) is 3.30. The van der Waals surface area contributed by atoms with Gasteiger partial charge in [0.2, 0.25) is 0 Å². The number of carbonyl (C=O) groups is 1. The zero-order chi connectivity index (χ0) is 10.7. The fourth-order valence-electron chi connectivity index (χ4n) is 1.29. The van der Waals surface area contributed by atoms with Crippen molar-refractivity contribution < 1.29 is 4.79 Å². The molecular weight excluding hydrogens is 242 g/mol. The number of halogens is 1. The summed E-state index contributed by atoms with van der Waals surface area (Å²) in [5.74, 6) is 0.0759. The molecule has 2 N–H and O–H groups in total. The molecule has 1 unspecified atom stereocenters. The number of Topliss-reactive ketones (excluding diaryl/α,β-unsaturated/α-hetero) is 1. The number of nitrogens with two attached hydrogens (primary N) is 1. The Morgan fingerprint density at radius 1 is 1.50 bits per heavy atom. The third-order valence-corrected chi connectivity index (χ3v) is 2.49. The third kappa shape index (κ3) is 2.58. The molecule has 0 fully saturated rings. The van der Waals surface area contributed by atoms with Crippen molar-refractivity contribution in [2.24, 2.45) is 0 Å². The standard InChI is InChI=1S/C11H14BrNO/c1-3-8-4-9(6-10(13)5-8)11(14)7(2)12/h4-7H,3,13H2,1-2H3. The highest BCUT2D eigenvalue weighted by Crippen LogP contribution is 2.16. The lowest BCUT2D eigenvalue weighted by Gasteiger charge is -2.06. The summed E-state index contributed by atoms with van der Waals surface area (Å²) in [6, 6.07) is 5.52. The van der Waals surface area contributed by atoms with Gasteiger partial charge in [0.1, 0.15) is 0 Å². The normalized spacial score (nSPS) is 12.5. The van der Waals surface area contributed by atoms with E-state index in [0.29, 0.717) is 11.3 Å². The fraction of sp³-hybridized carbons (Fsp3) is 0.364. The molecule has 0 saturated heterocycles. The maximum atomic E-state index is 11.7. The first-order chi connectivity index (χ1) is 6.54. The Labute approximate surface area is 92.6 Å². The second-order valence-corrected chi connectivity index (χ2v) is 4.67. The van der Waals surface area contributed by atoms with Gasteiger partial charge in [-0.3, -0.25) is 4.79 Å². The van der Waals surface area contributed by atoms with Crippen LogP contribution in [0.2, 0.25) is 0 Å². The van der Waals surface area contributed by atoms with Gasteiger partial charge in [-0.2, -0.15) is 0 Å². The van der Waals surface area contributed by atoms with E-state index in [4.69, 9.17) is 5.73 Å². The predicted octanol–water partition coefficient (Wildman–Crippen LogP) is 2.80. The zero-order valence-electron chi connectivity index (χ0n) is 8.38. The molecule has 0 aliphatic heterocycles. The molecule has 0 saturated carbocycles. The Morgan fingerprint density at radius 2 is 2.14 bits per heavy atom. The summed E-state index contributed by atoms with van der Waals surface area (Å²) in [5.41, 5.74) is 8.14. The van der Waals surface area contributed by atoms with Gasteiger partial charge in [-0.1, -0.05) is 22.9 Å². The van der Waals surface area contributed by atoms with Gasteiger partial charge in [0.15, 0.2) is 5.78 Å². The molecule has 0 spiro atoms. The van der Waals surface area contributed by atoms with Gasteiger partial charge in [-0.05, 0) is 37.1 Å². The first-order valence-corrected chi connectivity index (χ1v) is 5.54. The number of carbonyl (C=O) groups excluding carboxylic acids is 1. The molecule has 1 aromatic carbocycles. The van der Waals surface area contributed by atoms with Gasteiger partial charge >= 0.3 is 0 Å². The summed E-state index contributed by atoms with van der Waals surface area (Å²) in [6.07, 6.45) is 0.891. The van der Waals surface area contributed by atoms with Gasteiger partial charge in [-0.25, -0.2) is 0 Å². The number of hydrogen-bond donors (Lipinski definition) is 1. The smallest absolute Gasteiger partial charge is 0.176 e. The van der Waals surface area contributed by atoms with Crippen molar-refractivity contribution >= 4 is 27.4 Å². The first kappa shape index (κ1) is 11.2. The molecule has 0 radical (unpaired) electrons. The highest BCUT2D eigenvalue weighted by atomic mass is 79.9. The van der Waals surface area contributed by atoms with Crippen LogP contribution in [0.15, 0.2) is 18.2 Å². The number of hydrogen-bond acceptors (Lipinski definition) is 2. The Hall–Kier alpha value is -0.830. The molecule has 3 heteroatoms. The highest BCUT2D eigenvalue weighted by molar-refractivity contribution is 9.10. The topological polar surface area (TPSA) is 43.1 Å². The second kappa shape index (κ2) is 4.60. The summed E-state index contributed by atoms with van der Waals surface area (Å²) in [4.78, 5) is 11.5. The zero-order valence-corrected chi connectivity index (χ0v) is 9.97. The largest absolute Gasteiger partial charge is 0.399 e. The summed E-state index contributed by atoms with van der Waals surface area (Å²) in [7, 11) is 0. The van der Waals surface area contributed by atoms with Gasteiger partial charge in [-0.15, -0.1) is 0 Å². The van der Waals surface area contributed by atoms with E-state index in [1.54, 1.807) is 6.07 Å². The summed E-state index contributed by atoms with van der Waals surface area (Å²) in [6.45, 7) is 3.86. The van der Waals surface area contributed by atoms with Crippen molar-refractivity contribution in [3.8, 4) is 0 Å². The van der Waals surface area contributed by atoms with E-state index >= 15 is 0 Å². The molecule has 1 rings (SSSR count). The van der Waals surface area contributed by atoms with E-state index in [-0.39, 0.29) is 10.6 Å². The van der Waals surface area contributed by atoms with Crippen LogP contribution in [0.25, 0.3) is 0 Å². The van der Waals surface area contributed by atoms with Crippen LogP contribution in [-0.4, -0.2) is 10.6 Å². The average Bonchev–Trinajstić information content (AvgIpc) is 2.15. The van der Waals surface area contributed by atoms with E-state index in [1.165, 1.54) is 0 Å². The van der Waals surface area contributed by atoms with Crippen LogP contribution in [0.1, 0.15) is 29.8 Å². The quantitative estimate of drug-likeness (QED) is 0.513. The van der Waals surface area contributed by atoms with Crippen molar-refractivity contribution in [3.05, 3.63) is 29.3 Å². The monoisotopic (exact) mass is 255 g/mol. The minimum Gasteiger partial charge on any atom is -0.399 e. The molecule has 0 bridgehead atoms. The number of ketones is 1. The molecule has 76 valence electrons. The molecule has 0 heterocycles. The number of benzene rings is 1. The van der Waals surface area contributed by atoms with Gasteiger partial charge in [0.25, 0.3) is 0 Å². The Balaban J connectivity index is 3.09. The average molecular weight is 256 g/mol. The van der Waals surface area contributed by atoms with Crippen LogP contribution >= 0.6 is 15.9 Å². The van der Waals surface area contributed by atoms with Crippen LogP contribution in [0.4, 0.5) is 5.69 Å². The Kier molecular flexibility index (Phi) is 3.69. The van der Waals surface area contributed by atoms with Crippen LogP contribution < -0.4 is 5.73 Å². The summed E-state index contributed by atoms with van der Waals surface area (Å²) >= 11 is 3.26. The van der Waals surface area contributed by atoms with Crippen molar-refractivity contribution in [3.63, 3.8) is 0 Å². The lowest BCUT2D eigenvalue weighted by molar-refractivity contribution is 0.0996. The van der Waals surface area contributed by atoms with E-state index in [0.717, 1.165) is 12.0 Å². The number of aryl methyl sites for hydroxylation is 1. The summed E-state index contributed by atoms with van der Waals surface area (Å²) in [5, 5.41) is 0. The van der Waals surface area contributed by atoms with Crippen molar-refractivity contribution in [1.29, 1.82) is 0 Å². The van der Waals surface area contributed by atoms with Crippen LogP contribution in [-0.2, 0) is 6.42 Å². The molecule has 0 aromatic heterocycles. The lowest BCUT2D eigenvalue weighted by atomic mass is 10.0. The highest BCUT2D eigenvalue weighted by Gasteiger charge is 2.12. The maximum absolute atomic E-state index is 11.7. The van der Waals surface area contributed by atoms with Crippen LogP contribution in [0.3, 0.4) is 0 Å². The molecule has 0 aliphatic rings. The van der Waals surface area contributed by atoms with E-state index in [1.807, 2.05) is 26.0 Å². The number of anilines is 1.